The Morgan fingerprint density at radius 3 is 2.75 bits per heavy atom. The minimum absolute atomic E-state index is 0.0807. The second-order valence-corrected chi connectivity index (χ2v) is 6.64. The van der Waals surface area contributed by atoms with Gasteiger partial charge in [0.05, 0.1) is 31.8 Å². The van der Waals surface area contributed by atoms with Crippen molar-refractivity contribution in [3.8, 4) is 0 Å². The zero-order chi connectivity index (χ0) is 16.9. The molecule has 24 heavy (non-hydrogen) atoms. The van der Waals surface area contributed by atoms with Gasteiger partial charge in [0.15, 0.2) is 0 Å². The Kier molecular flexibility index (Phi) is 5.80. The lowest BCUT2D eigenvalue weighted by Gasteiger charge is -2.38. The van der Waals surface area contributed by atoms with Gasteiger partial charge in [0.1, 0.15) is 11.4 Å². The van der Waals surface area contributed by atoms with Gasteiger partial charge in [-0.15, -0.1) is 0 Å². The number of aromatic nitrogens is 2. The summed E-state index contributed by atoms with van der Waals surface area (Å²) < 4.78 is 10.0. The van der Waals surface area contributed by atoms with Gasteiger partial charge in [-0.1, -0.05) is 23.2 Å². The lowest BCUT2D eigenvalue weighted by molar-refractivity contribution is -0.122. The van der Waals surface area contributed by atoms with E-state index in [9.17, 15) is 9.90 Å². The second-order valence-electron chi connectivity index (χ2n) is 6.64. The minimum atomic E-state index is -0.564. The third kappa shape index (κ3) is 4.12. The van der Waals surface area contributed by atoms with Crippen molar-refractivity contribution in [3.05, 3.63) is 11.4 Å². The van der Waals surface area contributed by atoms with Crippen molar-refractivity contribution in [2.24, 2.45) is 0 Å². The highest BCUT2D eigenvalue weighted by molar-refractivity contribution is 5.78. The number of nitrogens with one attached hydrogen (secondary N) is 1. The molecule has 2 heterocycles. The summed E-state index contributed by atoms with van der Waals surface area (Å²) in [4.78, 5) is 14.6. The largest absolute Gasteiger partial charge is 0.389 e. The van der Waals surface area contributed by atoms with E-state index < -0.39 is 6.10 Å². The van der Waals surface area contributed by atoms with Crippen LogP contribution >= 0.6 is 0 Å². The SMILES string of the molecule is Cc1nonc1CC(=O)N[C@@H]1CCCC[C@@H](N2CCOCC2)[C@@H]1O. The molecule has 2 N–H and O–H groups in total. The van der Waals surface area contributed by atoms with Gasteiger partial charge < -0.3 is 15.2 Å². The fourth-order valence-corrected chi connectivity index (χ4v) is 3.61. The van der Waals surface area contributed by atoms with Crippen molar-refractivity contribution in [3.63, 3.8) is 0 Å². The zero-order valence-corrected chi connectivity index (χ0v) is 14.1. The monoisotopic (exact) mass is 338 g/mol. The van der Waals surface area contributed by atoms with Crippen LogP contribution in [0.2, 0.25) is 0 Å². The number of aliphatic hydroxyl groups excluding tert-OH is 1. The van der Waals surface area contributed by atoms with Gasteiger partial charge in [-0.25, -0.2) is 4.63 Å². The van der Waals surface area contributed by atoms with E-state index in [1.165, 1.54) is 0 Å². The molecule has 0 radical (unpaired) electrons. The van der Waals surface area contributed by atoms with Crippen LogP contribution in [0.15, 0.2) is 4.63 Å². The molecule has 3 atom stereocenters. The zero-order valence-electron chi connectivity index (χ0n) is 14.1. The minimum Gasteiger partial charge on any atom is -0.389 e. The van der Waals surface area contributed by atoms with E-state index in [1.54, 1.807) is 6.92 Å². The van der Waals surface area contributed by atoms with E-state index in [-0.39, 0.29) is 24.4 Å². The molecule has 0 unspecified atom stereocenters. The molecular formula is C16H26N4O4. The Bertz CT molecular complexity index is 544. The number of amides is 1. The molecule has 1 aromatic heterocycles. The predicted molar refractivity (Wildman–Crippen MR) is 85.3 cm³/mol. The lowest BCUT2D eigenvalue weighted by atomic mass is 9.99. The normalized spacial score (nSPS) is 29.2. The number of hydrogen-bond acceptors (Lipinski definition) is 7. The molecule has 8 heteroatoms. The smallest absolute Gasteiger partial charge is 0.226 e. The van der Waals surface area contributed by atoms with Gasteiger partial charge >= 0.3 is 0 Å². The predicted octanol–water partition coefficient (Wildman–Crippen LogP) is 0.0410. The molecule has 2 aliphatic rings. The maximum atomic E-state index is 12.3. The first-order valence-corrected chi connectivity index (χ1v) is 8.72. The Morgan fingerprint density at radius 1 is 1.29 bits per heavy atom. The molecule has 134 valence electrons. The lowest BCUT2D eigenvalue weighted by Crippen LogP contribution is -2.55. The maximum absolute atomic E-state index is 12.3. The average Bonchev–Trinajstić information content (AvgIpc) is 2.89. The van der Waals surface area contributed by atoms with Crippen molar-refractivity contribution in [1.82, 2.24) is 20.5 Å². The Morgan fingerprint density at radius 2 is 2.04 bits per heavy atom. The molecule has 1 amide bonds. The highest BCUT2D eigenvalue weighted by Gasteiger charge is 2.35. The van der Waals surface area contributed by atoms with Gasteiger partial charge in [-0.3, -0.25) is 9.69 Å². The van der Waals surface area contributed by atoms with Gasteiger partial charge in [0.25, 0.3) is 0 Å². The number of carbonyl (C=O) groups excluding carboxylic acids is 1. The Hall–Kier alpha value is -1.51. The van der Waals surface area contributed by atoms with E-state index in [4.69, 9.17) is 4.74 Å². The number of morpholine rings is 1. The van der Waals surface area contributed by atoms with Crippen LogP contribution in [0.4, 0.5) is 0 Å². The van der Waals surface area contributed by atoms with Crippen LogP contribution in [-0.2, 0) is 16.0 Å². The first-order valence-electron chi connectivity index (χ1n) is 8.72. The van der Waals surface area contributed by atoms with E-state index in [1.807, 2.05) is 0 Å². The first-order chi connectivity index (χ1) is 11.6. The topological polar surface area (TPSA) is 101 Å². The number of ether oxygens (including phenoxy) is 1. The van der Waals surface area contributed by atoms with E-state index in [2.05, 4.69) is 25.2 Å². The van der Waals surface area contributed by atoms with Gasteiger partial charge in [-0.2, -0.15) is 0 Å². The Labute approximate surface area is 141 Å². The van der Waals surface area contributed by atoms with Crippen molar-refractivity contribution in [2.45, 2.75) is 57.2 Å². The summed E-state index contributed by atoms with van der Waals surface area (Å²) in [5, 5.41) is 21.3. The second kappa shape index (κ2) is 8.04. The molecule has 0 bridgehead atoms. The summed E-state index contributed by atoms with van der Waals surface area (Å²) in [5.41, 5.74) is 1.16. The van der Waals surface area contributed by atoms with Gasteiger partial charge in [0.2, 0.25) is 5.91 Å². The molecule has 8 nitrogen and oxygen atoms in total. The molecule has 3 rings (SSSR count). The van der Waals surface area contributed by atoms with Crippen LogP contribution in [0.1, 0.15) is 37.1 Å². The summed E-state index contributed by atoms with van der Waals surface area (Å²) in [6.45, 7) is 4.85. The van der Waals surface area contributed by atoms with Crippen LogP contribution in [0, 0.1) is 6.92 Å². The number of carbonyl (C=O) groups is 1. The summed E-state index contributed by atoms with van der Waals surface area (Å²) in [6.07, 6.45) is 3.39. The highest BCUT2D eigenvalue weighted by Crippen LogP contribution is 2.24. The summed E-state index contributed by atoms with van der Waals surface area (Å²) in [5.74, 6) is -0.152. The molecular weight excluding hydrogens is 312 g/mol. The number of rotatable bonds is 4. The summed E-state index contributed by atoms with van der Waals surface area (Å²) in [7, 11) is 0. The van der Waals surface area contributed by atoms with Crippen LogP contribution in [0.25, 0.3) is 0 Å². The first kappa shape index (κ1) is 17.3. The van der Waals surface area contributed by atoms with Crippen molar-refractivity contribution in [2.75, 3.05) is 26.3 Å². The van der Waals surface area contributed by atoms with Gasteiger partial charge in [0, 0.05) is 19.1 Å². The third-order valence-corrected chi connectivity index (χ3v) is 5.01. The van der Waals surface area contributed by atoms with Crippen LogP contribution in [-0.4, -0.2) is 70.7 Å². The average molecular weight is 338 g/mol. The van der Waals surface area contributed by atoms with E-state index >= 15 is 0 Å². The maximum Gasteiger partial charge on any atom is 0.226 e. The molecule has 2 fully saturated rings. The van der Waals surface area contributed by atoms with Crippen molar-refractivity contribution < 1.29 is 19.3 Å². The number of aliphatic hydroxyl groups is 1. The van der Waals surface area contributed by atoms with E-state index in [0.29, 0.717) is 24.6 Å². The summed E-state index contributed by atoms with van der Waals surface area (Å²) >= 11 is 0. The fourth-order valence-electron chi connectivity index (χ4n) is 3.61. The molecule has 0 aromatic carbocycles. The van der Waals surface area contributed by atoms with Crippen molar-refractivity contribution in [1.29, 1.82) is 0 Å². The van der Waals surface area contributed by atoms with Crippen LogP contribution in [0.3, 0.4) is 0 Å². The summed E-state index contributed by atoms with van der Waals surface area (Å²) in [6, 6.07) is -0.148. The molecule has 1 aliphatic heterocycles. The van der Waals surface area contributed by atoms with E-state index in [0.717, 1.165) is 38.8 Å². The number of aryl methyl sites for hydroxylation is 1. The highest BCUT2D eigenvalue weighted by atomic mass is 16.6. The molecule has 1 saturated heterocycles. The number of nitrogens with zero attached hydrogens (tertiary/aromatic N) is 3. The molecule has 1 aromatic rings. The third-order valence-electron chi connectivity index (χ3n) is 5.01. The van der Waals surface area contributed by atoms with Crippen LogP contribution < -0.4 is 5.32 Å². The van der Waals surface area contributed by atoms with Gasteiger partial charge in [-0.05, 0) is 19.8 Å². The standard InChI is InChI=1S/C16H26N4O4/c1-11-13(19-24-18-11)10-15(21)17-12-4-2-3-5-14(16(12)22)20-6-8-23-9-7-20/h12,14,16,22H,2-10H2,1H3,(H,17,21)/t12-,14-,16-/m1/s1. The van der Waals surface area contributed by atoms with Crippen LogP contribution in [0.5, 0.6) is 0 Å². The number of hydrogen-bond donors (Lipinski definition) is 2. The Balaban J connectivity index is 1.60. The molecule has 0 spiro atoms. The molecule has 1 saturated carbocycles. The fraction of sp³-hybridized carbons (Fsp3) is 0.812. The molecule has 1 aliphatic carbocycles. The van der Waals surface area contributed by atoms with Crippen molar-refractivity contribution >= 4 is 5.91 Å². The quantitative estimate of drug-likeness (QED) is 0.748.